The second-order valence-corrected chi connectivity index (χ2v) is 3.95. The Morgan fingerprint density at radius 2 is 2.07 bits per heavy atom. The van der Waals surface area contributed by atoms with E-state index in [1.807, 2.05) is 18.2 Å². The largest absolute Gasteiger partial charge is 0.358 e. The zero-order chi connectivity index (χ0) is 10.7. The summed E-state index contributed by atoms with van der Waals surface area (Å²) in [5.41, 5.74) is 2.25. The van der Waals surface area contributed by atoms with Crippen LogP contribution in [0.5, 0.6) is 0 Å². The number of aldehydes is 1. The van der Waals surface area contributed by atoms with Crippen molar-refractivity contribution in [3.63, 3.8) is 0 Å². The summed E-state index contributed by atoms with van der Waals surface area (Å²) in [7, 11) is 0. The first-order valence-corrected chi connectivity index (χ1v) is 5.56. The number of hydrogen-bond acceptors (Lipinski definition) is 2. The molecule has 0 saturated carbocycles. The molecule has 2 heteroatoms. The first kappa shape index (κ1) is 10.4. The van der Waals surface area contributed by atoms with Crippen molar-refractivity contribution in [2.75, 3.05) is 0 Å². The topological polar surface area (TPSA) is 26.3 Å². The van der Waals surface area contributed by atoms with Gasteiger partial charge in [-0.3, -0.25) is 0 Å². The van der Waals surface area contributed by atoms with E-state index in [1.54, 1.807) is 0 Å². The van der Waals surface area contributed by atoms with Gasteiger partial charge in [0.05, 0.1) is 6.10 Å². The summed E-state index contributed by atoms with van der Waals surface area (Å²) in [4.78, 5) is 10.9. The van der Waals surface area contributed by atoms with E-state index in [1.165, 1.54) is 5.56 Å². The Bertz CT molecular complexity index is 346. The van der Waals surface area contributed by atoms with E-state index in [2.05, 4.69) is 13.0 Å². The zero-order valence-corrected chi connectivity index (χ0v) is 8.98. The van der Waals surface area contributed by atoms with E-state index in [0.717, 1.165) is 31.1 Å². The Kier molecular flexibility index (Phi) is 3.17. The molecule has 0 bridgehead atoms. The SMILES string of the molecule is CCCC[C@H]1OC(C=O)c2ccccc21. The van der Waals surface area contributed by atoms with Gasteiger partial charge in [-0.25, -0.2) is 0 Å². The molecular weight excluding hydrogens is 188 g/mol. The van der Waals surface area contributed by atoms with E-state index in [0.29, 0.717) is 0 Å². The third-order valence-electron chi connectivity index (χ3n) is 2.90. The number of unbranched alkanes of at least 4 members (excludes halogenated alkanes) is 1. The highest BCUT2D eigenvalue weighted by molar-refractivity contribution is 5.63. The van der Waals surface area contributed by atoms with Gasteiger partial charge in [0.25, 0.3) is 0 Å². The van der Waals surface area contributed by atoms with Crippen LogP contribution in [-0.2, 0) is 9.53 Å². The van der Waals surface area contributed by atoms with Crippen molar-refractivity contribution in [3.05, 3.63) is 35.4 Å². The summed E-state index contributed by atoms with van der Waals surface area (Å²) in [5, 5.41) is 0. The van der Waals surface area contributed by atoms with Crippen LogP contribution < -0.4 is 0 Å². The van der Waals surface area contributed by atoms with Crippen LogP contribution in [0.15, 0.2) is 24.3 Å². The standard InChI is InChI=1S/C13H16O2/c1-2-3-8-12-10-6-4-5-7-11(10)13(9-14)15-12/h4-7,9,12-13H,2-3,8H2,1H3/t12-,13?/m1/s1. The Morgan fingerprint density at radius 1 is 1.33 bits per heavy atom. The van der Waals surface area contributed by atoms with Crippen molar-refractivity contribution in [2.24, 2.45) is 0 Å². The molecule has 2 rings (SSSR count). The monoisotopic (exact) mass is 204 g/mol. The fourth-order valence-electron chi connectivity index (χ4n) is 2.11. The fourth-order valence-corrected chi connectivity index (χ4v) is 2.11. The minimum Gasteiger partial charge on any atom is -0.358 e. The molecule has 0 aliphatic carbocycles. The predicted octanol–water partition coefficient (Wildman–Crippen LogP) is 3.19. The summed E-state index contributed by atoms with van der Waals surface area (Å²) >= 11 is 0. The van der Waals surface area contributed by atoms with E-state index >= 15 is 0 Å². The van der Waals surface area contributed by atoms with Crippen LogP contribution >= 0.6 is 0 Å². The molecule has 1 aromatic rings. The normalized spacial score (nSPS) is 23.8. The minimum atomic E-state index is -0.344. The van der Waals surface area contributed by atoms with Gasteiger partial charge in [-0.05, 0) is 17.5 Å². The number of fused-ring (bicyclic) bond motifs is 1. The Labute approximate surface area is 90.3 Å². The number of carbonyl (C=O) groups excluding carboxylic acids is 1. The highest BCUT2D eigenvalue weighted by atomic mass is 16.5. The van der Waals surface area contributed by atoms with Crippen LogP contribution in [0.2, 0.25) is 0 Å². The molecule has 15 heavy (non-hydrogen) atoms. The molecule has 0 N–H and O–H groups in total. The molecule has 0 amide bonds. The molecule has 0 radical (unpaired) electrons. The van der Waals surface area contributed by atoms with Gasteiger partial charge in [0, 0.05) is 0 Å². The summed E-state index contributed by atoms with van der Waals surface area (Å²) in [6.07, 6.45) is 3.99. The summed E-state index contributed by atoms with van der Waals surface area (Å²) < 4.78 is 5.72. The molecule has 1 aliphatic rings. The maximum Gasteiger partial charge on any atom is 0.153 e. The smallest absolute Gasteiger partial charge is 0.153 e. The maximum absolute atomic E-state index is 10.9. The van der Waals surface area contributed by atoms with Crippen molar-refractivity contribution < 1.29 is 9.53 Å². The average Bonchev–Trinajstić information content (AvgIpc) is 2.65. The van der Waals surface area contributed by atoms with Gasteiger partial charge < -0.3 is 9.53 Å². The third-order valence-corrected chi connectivity index (χ3v) is 2.90. The number of ether oxygens (including phenoxy) is 1. The third kappa shape index (κ3) is 1.95. The first-order valence-electron chi connectivity index (χ1n) is 5.56. The van der Waals surface area contributed by atoms with E-state index in [-0.39, 0.29) is 12.2 Å². The van der Waals surface area contributed by atoms with Gasteiger partial charge >= 0.3 is 0 Å². The number of hydrogen-bond donors (Lipinski definition) is 0. The van der Waals surface area contributed by atoms with Gasteiger partial charge in [-0.2, -0.15) is 0 Å². The first-order chi connectivity index (χ1) is 7.36. The van der Waals surface area contributed by atoms with Crippen LogP contribution in [0.25, 0.3) is 0 Å². The lowest BCUT2D eigenvalue weighted by Gasteiger charge is -2.10. The van der Waals surface area contributed by atoms with Crippen molar-refractivity contribution in [1.82, 2.24) is 0 Å². The van der Waals surface area contributed by atoms with Crippen molar-refractivity contribution in [1.29, 1.82) is 0 Å². The minimum absolute atomic E-state index is 0.122. The molecule has 0 saturated heterocycles. The van der Waals surface area contributed by atoms with Crippen LogP contribution in [0, 0.1) is 0 Å². The molecule has 1 aliphatic heterocycles. The molecule has 80 valence electrons. The Hall–Kier alpha value is -1.15. The maximum atomic E-state index is 10.9. The second kappa shape index (κ2) is 4.58. The van der Waals surface area contributed by atoms with Gasteiger partial charge in [-0.1, -0.05) is 44.0 Å². The van der Waals surface area contributed by atoms with Gasteiger partial charge in [0.2, 0.25) is 0 Å². The summed E-state index contributed by atoms with van der Waals surface area (Å²) in [6, 6.07) is 8.02. The fraction of sp³-hybridized carbons (Fsp3) is 0.462. The highest BCUT2D eigenvalue weighted by Gasteiger charge is 2.30. The highest BCUT2D eigenvalue weighted by Crippen LogP contribution is 2.40. The van der Waals surface area contributed by atoms with Gasteiger partial charge in [0.15, 0.2) is 6.29 Å². The lowest BCUT2D eigenvalue weighted by atomic mass is 9.99. The molecule has 1 unspecified atom stereocenters. The van der Waals surface area contributed by atoms with Crippen molar-refractivity contribution >= 4 is 6.29 Å². The lowest BCUT2D eigenvalue weighted by Crippen LogP contribution is -1.99. The van der Waals surface area contributed by atoms with Crippen LogP contribution in [0.1, 0.15) is 49.5 Å². The molecule has 2 nitrogen and oxygen atoms in total. The zero-order valence-electron chi connectivity index (χ0n) is 8.98. The molecule has 0 aromatic heterocycles. The number of carbonyl (C=O) groups is 1. The summed E-state index contributed by atoms with van der Waals surface area (Å²) in [6.45, 7) is 2.16. The molecule has 1 aromatic carbocycles. The van der Waals surface area contributed by atoms with Crippen LogP contribution in [-0.4, -0.2) is 6.29 Å². The van der Waals surface area contributed by atoms with Crippen LogP contribution in [0.3, 0.4) is 0 Å². The number of benzene rings is 1. The summed E-state index contributed by atoms with van der Waals surface area (Å²) in [5.74, 6) is 0. The quantitative estimate of drug-likeness (QED) is 0.704. The second-order valence-electron chi connectivity index (χ2n) is 3.95. The molecule has 1 heterocycles. The molecule has 2 atom stereocenters. The molecule has 0 fully saturated rings. The average molecular weight is 204 g/mol. The predicted molar refractivity (Wildman–Crippen MR) is 58.6 cm³/mol. The van der Waals surface area contributed by atoms with Crippen molar-refractivity contribution in [2.45, 2.75) is 38.4 Å². The number of rotatable bonds is 4. The molecule has 0 spiro atoms. The van der Waals surface area contributed by atoms with Crippen molar-refractivity contribution in [3.8, 4) is 0 Å². The molecular formula is C13H16O2. The van der Waals surface area contributed by atoms with Crippen LogP contribution in [0.4, 0.5) is 0 Å². The lowest BCUT2D eigenvalue weighted by molar-refractivity contribution is -0.120. The van der Waals surface area contributed by atoms with E-state index in [4.69, 9.17) is 4.74 Å². The van der Waals surface area contributed by atoms with E-state index in [9.17, 15) is 4.79 Å². The van der Waals surface area contributed by atoms with E-state index < -0.39 is 0 Å². The Balaban J connectivity index is 2.21. The van der Waals surface area contributed by atoms with Gasteiger partial charge in [0.1, 0.15) is 6.10 Å². The Morgan fingerprint density at radius 3 is 2.73 bits per heavy atom. The van der Waals surface area contributed by atoms with Gasteiger partial charge in [-0.15, -0.1) is 0 Å².